The summed E-state index contributed by atoms with van der Waals surface area (Å²) in [6, 6.07) is 5.56. The van der Waals surface area contributed by atoms with Crippen LogP contribution in [0.15, 0.2) is 24.4 Å². The summed E-state index contributed by atoms with van der Waals surface area (Å²) >= 11 is 0. The molecule has 0 unspecified atom stereocenters. The van der Waals surface area contributed by atoms with Crippen LogP contribution in [0.25, 0.3) is 10.9 Å². The first-order valence-electron chi connectivity index (χ1n) is 4.29. The average Bonchev–Trinajstić information content (AvgIpc) is 2.45. The largest absolute Gasteiger partial charge is 0.507 e. The Morgan fingerprint density at radius 3 is 2.92 bits per heavy atom. The second kappa shape index (κ2) is 2.80. The highest BCUT2D eigenvalue weighted by Crippen LogP contribution is 2.29. The lowest BCUT2D eigenvalue weighted by atomic mass is 10.1. The van der Waals surface area contributed by atoms with Crippen molar-refractivity contribution in [1.29, 1.82) is 0 Å². The van der Waals surface area contributed by atoms with Gasteiger partial charge in [0.25, 0.3) is 0 Å². The lowest BCUT2D eigenvalue weighted by molar-refractivity contribution is 0.481. The van der Waals surface area contributed by atoms with Gasteiger partial charge < -0.3 is 9.67 Å². The molecule has 0 atom stereocenters. The van der Waals surface area contributed by atoms with E-state index in [1.54, 1.807) is 6.07 Å². The summed E-state index contributed by atoms with van der Waals surface area (Å²) in [4.78, 5) is 0. The van der Waals surface area contributed by atoms with Crippen LogP contribution >= 0.6 is 0 Å². The number of hydrogen-bond acceptors (Lipinski definition) is 1. The van der Waals surface area contributed by atoms with E-state index in [-0.39, 0.29) is 0 Å². The first kappa shape index (κ1) is 8.17. The molecular formula is C11H12NO. The molecule has 1 aromatic carbocycles. The molecule has 0 fully saturated rings. The first-order valence-corrected chi connectivity index (χ1v) is 4.29. The Morgan fingerprint density at radius 2 is 2.23 bits per heavy atom. The highest BCUT2D eigenvalue weighted by molar-refractivity contribution is 5.89. The zero-order chi connectivity index (χ0) is 9.42. The normalized spacial score (nSPS) is 10.9. The van der Waals surface area contributed by atoms with E-state index in [9.17, 15) is 5.11 Å². The van der Waals surface area contributed by atoms with E-state index < -0.39 is 0 Å². The molecule has 1 N–H and O–H groups in total. The Hall–Kier alpha value is -1.44. The fourth-order valence-electron chi connectivity index (χ4n) is 1.71. The van der Waals surface area contributed by atoms with E-state index in [0.717, 1.165) is 16.5 Å². The van der Waals surface area contributed by atoms with Crippen LogP contribution in [0.1, 0.15) is 5.56 Å². The number of hydrogen-bond donors (Lipinski definition) is 1. The molecule has 13 heavy (non-hydrogen) atoms. The van der Waals surface area contributed by atoms with Crippen LogP contribution < -0.4 is 0 Å². The van der Waals surface area contributed by atoms with Crippen LogP contribution in [0.4, 0.5) is 0 Å². The molecule has 0 bridgehead atoms. The van der Waals surface area contributed by atoms with E-state index in [1.807, 2.05) is 29.9 Å². The van der Waals surface area contributed by atoms with Gasteiger partial charge in [-0.05, 0) is 31.0 Å². The summed E-state index contributed by atoms with van der Waals surface area (Å²) in [5.41, 5.74) is 2.15. The Morgan fingerprint density at radius 1 is 1.46 bits per heavy atom. The van der Waals surface area contributed by atoms with Crippen molar-refractivity contribution in [3.05, 3.63) is 36.9 Å². The summed E-state index contributed by atoms with van der Waals surface area (Å²) in [6.07, 6.45) is 2.71. The number of benzene rings is 1. The van der Waals surface area contributed by atoms with Crippen molar-refractivity contribution in [3.8, 4) is 5.75 Å². The quantitative estimate of drug-likeness (QED) is 0.704. The van der Waals surface area contributed by atoms with Crippen molar-refractivity contribution in [2.45, 2.75) is 6.42 Å². The van der Waals surface area contributed by atoms with E-state index in [2.05, 4.69) is 6.92 Å². The van der Waals surface area contributed by atoms with Crippen molar-refractivity contribution in [2.75, 3.05) is 0 Å². The van der Waals surface area contributed by atoms with E-state index in [0.29, 0.717) is 12.2 Å². The molecule has 2 nitrogen and oxygen atoms in total. The molecule has 0 amide bonds. The topological polar surface area (TPSA) is 25.2 Å². The fourth-order valence-corrected chi connectivity index (χ4v) is 1.71. The zero-order valence-corrected chi connectivity index (χ0v) is 7.62. The number of phenolic OH excluding ortho intramolecular Hbond substituents is 1. The monoisotopic (exact) mass is 174 g/mol. The van der Waals surface area contributed by atoms with Gasteiger partial charge in [-0.25, -0.2) is 0 Å². The van der Waals surface area contributed by atoms with E-state index in [4.69, 9.17) is 0 Å². The molecule has 1 radical (unpaired) electrons. The van der Waals surface area contributed by atoms with Gasteiger partial charge in [0.15, 0.2) is 0 Å². The van der Waals surface area contributed by atoms with Crippen LogP contribution in [-0.2, 0) is 13.5 Å². The second-order valence-electron chi connectivity index (χ2n) is 3.19. The highest BCUT2D eigenvalue weighted by Gasteiger charge is 2.07. The van der Waals surface area contributed by atoms with Gasteiger partial charge >= 0.3 is 0 Å². The first-order chi connectivity index (χ1) is 6.24. The molecule has 0 spiro atoms. The van der Waals surface area contributed by atoms with Crippen molar-refractivity contribution >= 4 is 10.9 Å². The van der Waals surface area contributed by atoms with Crippen molar-refractivity contribution in [2.24, 2.45) is 7.05 Å². The zero-order valence-electron chi connectivity index (χ0n) is 7.62. The summed E-state index contributed by atoms with van der Waals surface area (Å²) in [5.74, 6) is 0.344. The Bertz CT molecular complexity index is 443. The van der Waals surface area contributed by atoms with Crippen LogP contribution in [0.3, 0.4) is 0 Å². The number of fused-ring (bicyclic) bond motifs is 1. The van der Waals surface area contributed by atoms with Gasteiger partial charge in [-0.1, -0.05) is 6.07 Å². The third-order valence-corrected chi connectivity index (χ3v) is 2.34. The van der Waals surface area contributed by atoms with E-state index in [1.165, 1.54) is 0 Å². The van der Waals surface area contributed by atoms with Crippen LogP contribution in [0.5, 0.6) is 5.75 Å². The maximum Gasteiger partial charge on any atom is 0.125 e. The summed E-state index contributed by atoms with van der Waals surface area (Å²) in [5, 5.41) is 10.6. The summed E-state index contributed by atoms with van der Waals surface area (Å²) in [6.45, 7) is 3.84. The van der Waals surface area contributed by atoms with Gasteiger partial charge in [-0.3, -0.25) is 0 Å². The third-order valence-electron chi connectivity index (χ3n) is 2.34. The molecule has 2 aromatic rings. The molecule has 0 aliphatic heterocycles. The number of rotatable bonds is 1. The Kier molecular flexibility index (Phi) is 1.76. The molecule has 1 aromatic heterocycles. The molecule has 0 aliphatic carbocycles. The summed E-state index contributed by atoms with van der Waals surface area (Å²) < 4.78 is 2.01. The van der Waals surface area contributed by atoms with Crippen molar-refractivity contribution in [1.82, 2.24) is 4.57 Å². The third kappa shape index (κ3) is 1.10. The van der Waals surface area contributed by atoms with Crippen LogP contribution in [0.2, 0.25) is 0 Å². The van der Waals surface area contributed by atoms with Crippen LogP contribution in [-0.4, -0.2) is 9.67 Å². The molecule has 67 valence electrons. The smallest absolute Gasteiger partial charge is 0.125 e. The van der Waals surface area contributed by atoms with Gasteiger partial charge in [0.05, 0.1) is 5.52 Å². The molecule has 0 saturated carbocycles. The molecular weight excluding hydrogens is 162 g/mol. The van der Waals surface area contributed by atoms with Crippen molar-refractivity contribution in [3.63, 3.8) is 0 Å². The number of aromatic nitrogens is 1. The Labute approximate surface area is 77.4 Å². The van der Waals surface area contributed by atoms with Gasteiger partial charge in [0.2, 0.25) is 0 Å². The molecule has 0 aliphatic rings. The predicted octanol–water partition coefficient (Wildman–Crippen LogP) is 2.26. The minimum absolute atomic E-state index is 0.344. The number of nitrogens with zero attached hydrogens (tertiary/aromatic N) is 1. The number of aromatic hydroxyl groups is 1. The molecule has 2 heteroatoms. The lowest BCUT2D eigenvalue weighted by Crippen LogP contribution is -1.82. The minimum atomic E-state index is 0.344. The fraction of sp³-hybridized carbons (Fsp3) is 0.182. The second-order valence-corrected chi connectivity index (χ2v) is 3.19. The van der Waals surface area contributed by atoms with Gasteiger partial charge in [-0.15, -0.1) is 0 Å². The number of phenols is 1. The molecule has 1 heterocycles. The molecule has 2 rings (SSSR count). The van der Waals surface area contributed by atoms with Gasteiger partial charge in [0, 0.05) is 18.6 Å². The lowest BCUT2D eigenvalue weighted by Gasteiger charge is -1.97. The number of aryl methyl sites for hydroxylation is 1. The Balaban J connectivity index is 2.89. The van der Waals surface area contributed by atoms with Gasteiger partial charge in [0.1, 0.15) is 5.75 Å². The van der Waals surface area contributed by atoms with Crippen LogP contribution in [0, 0.1) is 6.92 Å². The minimum Gasteiger partial charge on any atom is -0.507 e. The maximum absolute atomic E-state index is 9.66. The van der Waals surface area contributed by atoms with Crippen molar-refractivity contribution < 1.29 is 5.11 Å². The predicted molar refractivity (Wildman–Crippen MR) is 53.6 cm³/mol. The maximum atomic E-state index is 9.66. The van der Waals surface area contributed by atoms with E-state index >= 15 is 0 Å². The average molecular weight is 174 g/mol. The molecule has 0 saturated heterocycles. The standard InChI is InChI=1S/C11H12NO/c1-3-8-7-12(2)9-5-4-6-10(13)11(8)9/h4-7,13H,1,3H2,2H3. The SMILES string of the molecule is [CH2]Cc1cn(C)c2cccc(O)c12. The summed E-state index contributed by atoms with van der Waals surface area (Å²) in [7, 11) is 1.97. The highest BCUT2D eigenvalue weighted by atomic mass is 16.3. The van der Waals surface area contributed by atoms with Gasteiger partial charge in [-0.2, -0.15) is 0 Å².